The zero-order valence-electron chi connectivity index (χ0n) is 16.6. The van der Waals surface area contributed by atoms with E-state index in [2.05, 4.69) is 50.3 Å². The molecule has 0 fully saturated rings. The molecule has 144 valence electrons. The minimum absolute atomic E-state index is 0.146. The largest absolute Gasteiger partial charge is 0.497 e. The Labute approximate surface area is 162 Å². The van der Waals surface area contributed by atoms with Gasteiger partial charge >= 0.3 is 5.97 Å². The number of aromatic carboxylic acids is 1. The van der Waals surface area contributed by atoms with E-state index in [1.54, 1.807) is 19.2 Å². The van der Waals surface area contributed by atoms with Crippen LogP contribution < -0.4 is 4.74 Å². The third kappa shape index (κ3) is 6.28. The van der Waals surface area contributed by atoms with Crippen LogP contribution in [-0.2, 0) is 6.42 Å². The van der Waals surface area contributed by atoms with Crippen molar-refractivity contribution >= 4 is 12.0 Å². The van der Waals surface area contributed by atoms with Crippen molar-refractivity contribution in [1.29, 1.82) is 0 Å². The summed E-state index contributed by atoms with van der Waals surface area (Å²) >= 11 is 0. The van der Waals surface area contributed by atoms with Crippen molar-refractivity contribution in [2.75, 3.05) is 7.11 Å². The van der Waals surface area contributed by atoms with Gasteiger partial charge in [-0.25, -0.2) is 4.79 Å². The summed E-state index contributed by atoms with van der Waals surface area (Å²) in [6.07, 6.45) is 9.68. The van der Waals surface area contributed by atoms with Crippen LogP contribution in [0.15, 0.2) is 48.5 Å². The average Bonchev–Trinajstić information content (AvgIpc) is 2.69. The fourth-order valence-corrected chi connectivity index (χ4v) is 3.17. The van der Waals surface area contributed by atoms with Gasteiger partial charge < -0.3 is 9.84 Å². The summed E-state index contributed by atoms with van der Waals surface area (Å²) in [5, 5.41) is 9.42. The van der Waals surface area contributed by atoms with Gasteiger partial charge in [0.25, 0.3) is 0 Å². The molecule has 0 bridgehead atoms. The summed E-state index contributed by atoms with van der Waals surface area (Å²) in [5.41, 5.74) is 3.78. The second-order valence-electron chi connectivity index (χ2n) is 6.98. The highest BCUT2D eigenvalue weighted by atomic mass is 16.5. The number of unbranched alkanes of at least 4 members (excludes halogenated alkanes) is 1. The number of methoxy groups -OCH3 is 1. The molecule has 2 aromatic rings. The Balaban J connectivity index is 1.94. The van der Waals surface area contributed by atoms with Gasteiger partial charge in [0.2, 0.25) is 0 Å². The van der Waals surface area contributed by atoms with Gasteiger partial charge in [-0.1, -0.05) is 56.7 Å². The molecule has 0 saturated heterocycles. The Hall–Kier alpha value is -2.55. The molecule has 1 N–H and O–H groups in total. The third-order valence-corrected chi connectivity index (χ3v) is 4.90. The van der Waals surface area contributed by atoms with Crippen LogP contribution in [0.3, 0.4) is 0 Å². The summed E-state index contributed by atoms with van der Waals surface area (Å²) in [6.45, 7) is 4.28. The quantitative estimate of drug-likeness (QED) is 0.534. The molecule has 1 unspecified atom stereocenters. The summed E-state index contributed by atoms with van der Waals surface area (Å²) in [4.78, 5) is 11.5. The van der Waals surface area contributed by atoms with Crippen LogP contribution in [-0.4, -0.2) is 18.2 Å². The molecule has 0 aliphatic rings. The zero-order valence-corrected chi connectivity index (χ0v) is 16.6. The van der Waals surface area contributed by atoms with Crippen LogP contribution in [0.5, 0.6) is 5.75 Å². The number of hydrogen-bond acceptors (Lipinski definition) is 2. The molecule has 0 aromatic heterocycles. The second-order valence-corrected chi connectivity index (χ2v) is 6.98. The van der Waals surface area contributed by atoms with Crippen molar-refractivity contribution in [1.82, 2.24) is 0 Å². The van der Waals surface area contributed by atoms with Crippen molar-refractivity contribution in [3.63, 3.8) is 0 Å². The molecule has 3 nitrogen and oxygen atoms in total. The van der Waals surface area contributed by atoms with Crippen LogP contribution in [0.2, 0.25) is 0 Å². The number of rotatable bonds is 10. The molecular weight excluding hydrogens is 336 g/mol. The number of carboxylic acids is 1. The topological polar surface area (TPSA) is 46.5 Å². The lowest BCUT2D eigenvalue weighted by atomic mass is 9.91. The van der Waals surface area contributed by atoms with Gasteiger partial charge in [-0.15, -0.1) is 0 Å². The van der Waals surface area contributed by atoms with Crippen molar-refractivity contribution in [3.8, 4) is 5.75 Å². The number of allylic oxidation sites excluding steroid dienone is 1. The predicted octanol–water partition coefficient (Wildman–Crippen LogP) is 6.33. The van der Waals surface area contributed by atoms with Gasteiger partial charge in [-0.2, -0.15) is 0 Å². The molecule has 27 heavy (non-hydrogen) atoms. The molecular formula is C24H30O3. The van der Waals surface area contributed by atoms with E-state index < -0.39 is 5.97 Å². The van der Waals surface area contributed by atoms with Crippen LogP contribution in [0.25, 0.3) is 6.08 Å². The lowest BCUT2D eigenvalue weighted by Gasteiger charge is -2.15. The third-order valence-electron chi connectivity index (χ3n) is 4.90. The Bertz CT molecular complexity index is 760. The summed E-state index contributed by atoms with van der Waals surface area (Å²) < 4.78 is 5.25. The highest BCUT2D eigenvalue weighted by Gasteiger charge is 2.16. The van der Waals surface area contributed by atoms with Gasteiger partial charge in [0.15, 0.2) is 0 Å². The number of ether oxygens (including phenoxy) is 1. The fourth-order valence-electron chi connectivity index (χ4n) is 3.17. The maximum absolute atomic E-state index is 11.5. The van der Waals surface area contributed by atoms with Crippen LogP contribution in [0.1, 0.15) is 72.5 Å². The Morgan fingerprint density at radius 2 is 1.93 bits per heavy atom. The standard InChI is InChI=1S/C24H30O3/c1-4-5-9-19-11-13-20(14-12-19)10-7-6-8-18(2)23-17-21(27-3)15-16-22(23)24(25)26/h7,10-18H,4-6,8-9H2,1-3H3,(H,25,26). The van der Waals surface area contributed by atoms with Crippen molar-refractivity contribution in [2.24, 2.45) is 0 Å². The van der Waals surface area contributed by atoms with Crippen LogP contribution >= 0.6 is 0 Å². The predicted molar refractivity (Wildman–Crippen MR) is 112 cm³/mol. The van der Waals surface area contributed by atoms with Gasteiger partial charge in [0.05, 0.1) is 12.7 Å². The molecule has 0 amide bonds. The van der Waals surface area contributed by atoms with E-state index in [0.29, 0.717) is 11.3 Å². The molecule has 0 radical (unpaired) electrons. The zero-order chi connectivity index (χ0) is 19.6. The SMILES string of the molecule is CCCCc1ccc(C=CCCC(C)c2cc(OC)ccc2C(=O)O)cc1. The maximum Gasteiger partial charge on any atom is 0.335 e. The van der Waals surface area contributed by atoms with Crippen LogP contribution in [0, 0.1) is 0 Å². The Morgan fingerprint density at radius 3 is 2.56 bits per heavy atom. The first-order valence-electron chi connectivity index (χ1n) is 9.71. The lowest BCUT2D eigenvalue weighted by Crippen LogP contribution is -2.06. The molecule has 3 heteroatoms. The van der Waals surface area contributed by atoms with E-state index in [0.717, 1.165) is 24.8 Å². The smallest absolute Gasteiger partial charge is 0.335 e. The number of carboxylic acid groups (broad SMARTS) is 1. The van der Waals surface area contributed by atoms with Gasteiger partial charge in [0, 0.05) is 0 Å². The van der Waals surface area contributed by atoms with E-state index in [1.165, 1.54) is 24.0 Å². The highest BCUT2D eigenvalue weighted by Crippen LogP contribution is 2.28. The molecule has 2 rings (SSSR count). The molecule has 0 spiro atoms. The number of aryl methyl sites for hydroxylation is 1. The summed E-state index contributed by atoms with van der Waals surface area (Å²) in [6, 6.07) is 13.9. The van der Waals surface area contributed by atoms with E-state index >= 15 is 0 Å². The van der Waals surface area contributed by atoms with Gasteiger partial charge in [0.1, 0.15) is 5.75 Å². The average molecular weight is 367 g/mol. The van der Waals surface area contributed by atoms with E-state index in [1.807, 2.05) is 6.07 Å². The minimum Gasteiger partial charge on any atom is -0.497 e. The lowest BCUT2D eigenvalue weighted by molar-refractivity contribution is 0.0695. The van der Waals surface area contributed by atoms with Crippen LogP contribution in [0.4, 0.5) is 0 Å². The van der Waals surface area contributed by atoms with Crippen molar-refractivity contribution < 1.29 is 14.6 Å². The number of carbonyl (C=O) groups is 1. The number of benzene rings is 2. The first kappa shape index (κ1) is 20.8. The van der Waals surface area contributed by atoms with E-state index in [4.69, 9.17) is 4.74 Å². The molecule has 1 atom stereocenters. The Morgan fingerprint density at radius 1 is 1.19 bits per heavy atom. The Kier molecular flexibility index (Phi) is 8.12. The van der Waals surface area contributed by atoms with E-state index in [9.17, 15) is 9.90 Å². The minimum atomic E-state index is -0.891. The first-order valence-corrected chi connectivity index (χ1v) is 9.71. The first-order chi connectivity index (χ1) is 13.0. The van der Waals surface area contributed by atoms with Gasteiger partial charge in [-0.3, -0.25) is 0 Å². The second kappa shape index (κ2) is 10.6. The molecule has 0 heterocycles. The normalized spacial score (nSPS) is 12.3. The monoisotopic (exact) mass is 366 g/mol. The van der Waals surface area contributed by atoms with E-state index in [-0.39, 0.29) is 5.92 Å². The molecule has 0 saturated carbocycles. The van der Waals surface area contributed by atoms with Crippen molar-refractivity contribution in [2.45, 2.75) is 51.9 Å². The number of hydrogen-bond donors (Lipinski definition) is 1. The molecule has 0 aliphatic heterocycles. The maximum atomic E-state index is 11.5. The fraction of sp³-hybridized carbons (Fsp3) is 0.375. The van der Waals surface area contributed by atoms with Crippen molar-refractivity contribution in [3.05, 3.63) is 70.8 Å². The summed E-state index contributed by atoms with van der Waals surface area (Å²) in [5.74, 6) is -0.0500. The molecule has 2 aromatic carbocycles. The highest BCUT2D eigenvalue weighted by molar-refractivity contribution is 5.89. The summed E-state index contributed by atoms with van der Waals surface area (Å²) in [7, 11) is 1.60. The van der Waals surface area contributed by atoms with Gasteiger partial charge in [-0.05, 0) is 66.5 Å². The molecule has 0 aliphatic carbocycles.